The number of carboxylic acid groups (broad SMARTS) is 1. The lowest BCUT2D eigenvalue weighted by Gasteiger charge is -2.45. The number of rotatable bonds is 6. The molecule has 0 bridgehead atoms. The summed E-state index contributed by atoms with van der Waals surface area (Å²) in [5.41, 5.74) is 0.248. The van der Waals surface area contributed by atoms with E-state index in [2.05, 4.69) is 17.6 Å². The number of nitrogens with one attached hydrogen (secondary N) is 2. The molecule has 4 heteroatoms. The molecule has 1 aliphatic carbocycles. The van der Waals surface area contributed by atoms with E-state index in [0.717, 1.165) is 19.6 Å². The first kappa shape index (κ1) is 12.8. The van der Waals surface area contributed by atoms with Crippen molar-refractivity contribution in [3.63, 3.8) is 0 Å². The summed E-state index contributed by atoms with van der Waals surface area (Å²) < 4.78 is 0. The predicted molar refractivity (Wildman–Crippen MR) is 67.0 cm³/mol. The summed E-state index contributed by atoms with van der Waals surface area (Å²) in [5, 5.41) is 15.7. The summed E-state index contributed by atoms with van der Waals surface area (Å²) in [6, 6.07) is 0. The first-order chi connectivity index (χ1) is 8.10. The highest BCUT2D eigenvalue weighted by atomic mass is 16.4. The molecule has 0 radical (unpaired) electrons. The van der Waals surface area contributed by atoms with Gasteiger partial charge in [0.1, 0.15) is 0 Å². The molecule has 3 N–H and O–H groups in total. The molecular weight excluding hydrogens is 216 g/mol. The Morgan fingerprint density at radius 3 is 2.41 bits per heavy atom. The third-order valence-electron chi connectivity index (χ3n) is 4.67. The first-order valence-corrected chi connectivity index (χ1v) is 6.77. The lowest BCUT2D eigenvalue weighted by atomic mass is 9.81. The minimum Gasteiger partial charge on any atom is -0.481 e. The second-order valence-corrected chi connectivity index (χ2v) is 5.87. The number of aliphatic carboxylic acids is 1. The Morgan fingerprint density at radius 1 is 1.35 bits per heavy atom. The molecule has 0 atom stereocenters. The molecule has 2 fully saturated rings. The molecule has 0 aromatic heterocycles. The van der Waals surface area contributed by atoms with Gasteiger partial charge in [-0.25, -0.2) is 0 Å². The van der Waals surface area contributed by atoms with Crippen LogP contribution in [0.4, 0.5) is 0 Å². The van der Waals surface area contributed by atoms with Crippen molar-refractivity contribution in [2.75, 3.05) is 19.6 Å². The van der Waals surface area contributed by atoms with Crippen molar-refractivity contribution >= 4 is 5.97 Å². The van der Waals surface area contributed by atoms with Gasteiger partial charge in [0.05, 0.1) is 12.0 Å². The molecule has 2 aliphatic rings. The molecule has 17 heavy (non-hydrogen) atoms. The van der Waals surface area contributed by atoms with Crippen molar-refractivity contribution in [1.29, 1.82) is 0 Å². The molecule has 1 heterocycles. The van der Waals surface area contributed by atoms with E-state index in [1.54, 1.807) is 0 Å². The van der Waals surface area contributed by atoms with E-state index in [1.165, 1.54) is 32.1 Å². The van der Waals surface area contributed by atoms with Crippen molar-refractivity contribution in [2.24, 2.45) is 5.41 Å². The predicted octanol–water partition coefficient (Wildman–Crippen LogP) is 1.36. The summed E-state index contributed by atoms with van der Waals surface area (Å²) in [4.78, 5) is 10.9. The van der Waals surface area contributed by atoms with Crippen LogP contribution < -0.4 is 10.6 Å². The van der Waals surface area contributed by atoms with Gasteiger partial charge in [-0.2, -0.15) is 0 Å². The van der Waals surface area contributed by atoms with Crippen LogP contribution in [0.25, 0.3) is 0 Å². The van der Waals surface area contributed by atoms with Gasteiger partial charge in [0.15, 0.2) is 0 Å². The minimum absolute atomic E-state index is 0.184. The van der Waals surface area contributed by atoms with Crippen LogP contribution in [-0.4, -0.2) is 36.2 Å². The molecule has 2 rings (SSSR count). The lowest BCUT2D eigenvalue weighted by molar-refractivity contribution is -0.139. The van der Waals surface area contributed by atoms with Crippen LogP contribution in [-0.2, 0) is 4.79 Å². The Labute approximate surface area is 103 Å². The van der Waals surface area contributed by atoms with Gasteiger partial charge in [-0.05, 0) is 24.7 Å². The second-order valence-electron chi connectivity index (χ2n) is 5.87. The topological polar surface area (TPSA) is 61.4 Å². The van der Waals surface area contributed by atoms with Gasteiger partial charge in [0.25, 0.3) is 0 Å². The molecular formula is C13H24N2O2. The highest BCUT2D eigenvalue weighted by Gasteiger charge is 2.41. The zero-order valence-corrected chi connectivity index (χ0v) is 10.7. The van der Waals surface area contributed by atoms with E-state index in [-0.39, 0.29) is 12.0 Å². The average molecular weight is 240 g/mol. The maximum Gasteiger partial charge on any atom is 0.305 e. The van der Waals surface area contributed by atoms with Crippen molar-refractivity contribution in [3.8, 4) is 0 Å². The Morgan fingerprint density at radius 2 is 2.00 bits per heavy atom. The molecule has 98 valence electrons. The maximum atomic E-state index is 10.9. The minimum atomic E-state index is -0.698. The fourth-order valence-corrected chi connectivity index (χ4v) is 3.18. The number of carbonyl (C=O) groups is 1. The summed E-state index contributed by atoms with van der Waals surface area (Å²) in [7, 11) is 0. The van der Waals surface area contributed by atoms with E-state index in [0.29, 0.717) is 5.41 Å². The zero-order chi connectivity index (χ0) is 12.4. The molecule has 0 spiro atoms. The first-order valence-electron chi connectivity index (χ1n) is 6.77. The average Bonchev–Trinajstić information content (AvgIpc) is 2.71. The Kier molecular flexibility index (Phi) is 3.73. The van der Waals surface area contributed by atoms with E-state index >= 15 is 0 Å². The third-order valence-corrected chi connectivity index (χ3v) is 4.67. The molecule has 0 unspecified atom stereocenters. The monoisotopic (exact) mass is 240 g/mol. The quantitative estimate of drug-likeness (QED) is 0.656. The highest BCUT2D eigenvalue weighted by Crippen LogP contribution is 2.40. The van der Waals surface area contributed by atoms with Gasteiger partial charge in [-0.3, -0.25) is 4.79 Å². The molecule has 4 nitrogen and oxygen atoms in total. The largest absolute Gasteiger partial charge is 0.481 e. The lowest BCUT2D eigenvalue weighted by Crippen LogP contribution is -2.69. The smallest absolute Gasteiger partial charge is 0.305 e. The Balaban J connectivity index is 1.89. The van der Waals surface area contributed by atoms with Crippen LogP contribution in [0.1, 0.15) is 45.4 Å². The van der Waals surface area contributed by atoms with Crippen molar-refractivity contribution in [3.05, 3.63) is 0 Å². The van der Waals surface area contributed by atoms with Crippen LogP contribution in [0.15, 0.2) is 0 Å². The van der Waals surface area contributed by atoms with Gasteiger partial charge in [-0.1, -0.05) is 19.8 Å². The van der Waals surface area contributed by atoms with Crippen LogP contribution in [0.3, 0.4) is 0 Å². The van der Waals surface area contributed by atoms with Gasteiger partial charge in [0.2, 0.25) is 0 Å². The number of carboxylic acids is 1. The Hall–Kier alpha value is -0.610. The van der Waals surface area contributed by atoms with E-state index in [9.17, 15) is 4.79 Å². The fourth-order valence-electron chi connectivity index (χ4n) is 3.18. The summed E-state index contributed by atoms with van der Waals surface area (Å²) in [5.74, 6) is -0.698. The van der Waals surface area contributed by atoms with E-state index < -0.39 is 5.97 Å². The molecule has 0 amide bonds. The standard InChI is InChI=1S/C13H24N2O2/c1-2-12(5-3-4-6-12)8-15-13(7-11(16)17)9-14-10-13/h14-15H,2-10H2,1H3,(H,16,17). The highest BCUT2D eigenvalue weighted by molar-refractivity contribution is 5.68. The van der Waals surface area contributed by atoms with Gasteiger partial charge in [0, 0.05) is 19.6 Å². The van der Waals surface area contributed by atoms with E-state index in [1.807, 2.05) is 0 Å². The SMILES string of the molecule is CCC1(CNC2(CC(=O)O)CNC2)CCCC1. The number of hydrogen-bond donors (Lipinski definition) is 3. The van der Waals surface area contributed by atoms with Gasteiger partial charge in [-0.15, -0.1) is 0 Å². The molecule has 0 aromatic rings. The molecule has 0 aromatic carbocycles. The number of hydrogen-bond acceptors (Lipinski definition) is 3. The summed E-state index contributed by atoms with van der Waals surface area (Å²) >= 11 is 0. The van der Waals surface area contributed by atoms with Crippen molar-refractivity contribution < 1.29 is 9.90 Å². The van der Waals surface area contributed by atoms with Crippen LogP contribution in [0.2, 0.25) is 0 Å². The van der Waals surface area contributed by atoms with Crippen molar-refractivity contribution in [1.82, 2.24) is 10.6 Å². The fraction of sp³-hybridized carbons (Fsp3) is 0.923. The molecule has 1 aliphatic heterocycles. The second kappa shape index (κ2) is 4.94. The van der Waals surface area contributed by atoms with E-state index in [4.69, 9.17) is 5.11 Å². The van der Waals surface area contributed by atoms with Crippen LogP contribution >= 0.6 is 0 Å². The summed E-state index contributed by atoms with van der Waals surface area (Å²) in [6.45, 7) is 4.83. The molecule has 1 saturated heterocycles. The van der Waals surface area contributed by atoms with Gasteiger partial charge >= 0.3 is 5.97 Å². The van der Waals surface area contributed by atoms with Gasteiger partial charge < -0.3 is 15.7 Å². The van der Waals surface area contributed by atoms with Crippen LogP contribution in [0, 0.1) is 5.41 Å². The zero-order valence-electron chi connectivity index (χ0n) is 10.7. The Bertz CT molecular complexity index is 281. The van der Waals surface area contributed by atoms with Crippen LogP contribution in [0.5, 0.6) is 0 Å². The normalized spacial score (nSPS) is 25.5. The third kappa shape index (κ3) is 2.80. The summed E-state index contributed by atoms with van der Waals surface area (Å²) in [6.07, 6.45) is 6.70. The maximum absolute atomic E-state index is 10.9. The molecule has 1 saturated carbocycles. The van der Waals surface area contributed by atoms with Crippen molar-refractivity contribution in [2.45, 2.75) is 51.0 Å².